The van der Waals surface area contributed by atoms with Gasteiger partial charge in [0.25, 0.3) is 5.91 Å². The van der Waals surface area contributed by atoms with Gasteiger partial charge in [-0.2, -0.15) is 0 Å². The number of carbonyl (C=O) groups excluding carboxylic acids is 1. The molecular weight excluding hydrogens is 412 g/mol. The summed E-state index contributed by atoms with van der Waals surface area (Å²) in [6, 6.07) is 20.6. The molecule has 3 aromatic heterocycles. The zero-order valence-electron chi connectivity index (χ0n) is 17.9. The van der Waals surface area contributed by atoms with Gasteiger partial charge in [-0.25, -0.2) is 9.97 Å². The van der Waals surface area contributed by atoms with Crippen molar-refractivity contribution >= 4 is 34.1 Å². The van der Waals surface area contributed by atoms with Crippen LogP contribution in [-0.2, 0) is 0 Å². The summed E-state index contributed by atoms with van der Waals surface area (Å²) in [5.41, 5.74) is 5.57. The van der Waals surface area contributed by atoms with Crippen LogP contribution >= 0.6 is 0 Å². The van der Waals surface area contributed by atoms with Crippen LogP contribution in [0.4, 0.5) is 17.3 Å². The summed E-state index contributed by atoms with van der Waals surface area (Å²) in [6.07, 6.45) is 6.92. The highest BCUT2D eigenvalue weighted by Gasteiger charge is 2.10. The summed E-state index contributed by atoms with van der Waals surface area (Å²) in [5.74, 6) is 0.273. The number of hydrogen-bond acceptors (Lipinski definition) is 6. The quantitative estimate of drug-likeness (QED) is 0.387. The largest absolute Gasteiger partial charge is 0.324 e. The first-order valence-electron chi connectivity index (χ1n) is 10.4. The smallest absolute Gasteiger partial charge is 0.255 e. The lowest BCUT2D eigenvalue weighted by Crippen LogP contribution is -2.12. The fraction of sp³-hybridized carbons (Fsp3) is 0.0385. The van der Waals surface area contributed by atoms with E-state index < -0.39 is 0 Å². The highest BCUT2D eigenvalue weighted by molar-refractivity contribution is 6.06. The van der Waals surface area contributed by atoms with Crippen molar-refractivity contribution in [1.29, 1.82) is 0 Å². The maximum Gasteiger partial charge on any atom is 0.255 e. The van der Waals surface area contributed by atoms with E-state index >= 15 is 0 Å². The predicted molar refractivity (Wildman–Crippen MR) is 129 cm³/mol. The molecule has 0 saturated heterocycles. The van der Waals surface area contributed by atoms with Gasteiger partial charge in [-0.05, 0) is 67.1 Å². The summed E-state index contributed by atoms with van der Waals surface area (Å²) in [7, 11) is 0. The Labute approximate surface area is 190 Å². The Bertz CT molecular complexity index is 1450. The number of pyridine rings is 2. The number of carbonyl (C=O) groups is 1. The van der Waals surface area contributed by atoms with Gasteiger partial charge in [-0.1, -0.05) is 12.1 Å². The number of benzene rings is 2. The maximum absolute atomic E-state index is 12.8. The van der Waals surface area contributed by atoms with Crippen LogP contribution in [0.5, 0.6) is 0 Å². The second kappa shape index (κ2) is 8.84. The summed E-state index contributed by atoms with van der Waals surface area (Å²) >= 11 is 0. The normalized spacial score (nSPS) is 10.7. The summed E-state index contributed by atoms with van der Waals surface area (Å²) < 4.78 is 0. The van der Waals surface area contributed by atoms with Gasteiger partial charge in [0.1, 0.15) is 0 Å². The Morgan fingerprint density at radius 2 is 1.79 bits per heavy atom. The molecule has 0 fully saturated rings. The van der Waals surface area contributed by atoms with E-state index in [4.69, 9.17) is 0 Å². The highest BCUT2D eigenvalue weighted by Crippen LogP contribution is 2.25. The van der Waals surface area contributed by atoms with Crippen molar-refractivity contribution in [2.45, 2.75) is 6.92 Å². The molecule has 0 saturated carbocycles. The third-order valence-corrected chi connectivity index (χ3v) is 5.22. The topological polar surface area (TPSA) is 92.7 Å². The standard InChI is InChI=1S/C26H20N6O/c1-17-6-8-21(30-25(33)19-7-9-22-18(14-19)4-3-12-28-22)15-24(17)32-26-29-13-10-23(31-26)20-5-2-11-27-16-20/h2-16H,1H3,(H,30,33)(H,29,31,32). The molecular formula is C26H20N6O. The number of anilines is 3. The van der Waals surface area contributed by atoms with Gasteiger partial charge in [0.05, 0.1) is 11.2 Å². The van der Waals surface area contributed by atoms with Gasteiger partial charge in [-0.3, -0.25) is 14.8 Å². The molecule has 0 unspecified atom stereocenters. The van der Waals surface area contributed by atoms with Crippen molar-refractivity contribution < 1.29 is 4.79 Å². The Kier molecular flexibility index (Phi) is 5.43. The lowest BCUT2D eigenvalue weighted by molar-refractivity contribution is 0.102. The first kappa shape index (κ1) is 20.3. The molecule has 2 N–H and O–H groups in total. The Hall–Kier alpha value is -4.65. The zero-order valence-corrected chi connectivity index (χ0v) is 17.9. The molecule has 0 radical (unpaired) electrons. The van der Waals surface area contributed by atoms with Gasteiger partial charge >= 0.3 is 0 Å². The molecule has 0 aliphatic rings. The van der Waals surface area contributed by atoms with Crippen molar-refractivity contribution in [1.82, 2.24) is 19.9 Å². The minimum absolute atomic E-state index is 0.189. The number of aryl methyl sites for hydroxylation is 1. The summed E-state index contributed by atoms with van der Waals surface area (Å²) in [4.78, 5) is 30.2. The van der Waals surface area contributed by atoms with Crippen molar-refractivity contribution in [3.05, 3.63) is 103 Å². The van der Waals surface area contributed by atoms with Crippen LogP contribution in [0.15, 0.2) is 91.5 Å². The molecule has 2 aromatic carbocycles. The number of rotatable bonds is 5. The second-order valence-corrected chi connectivity index (χ2v) is 7.53. The molecule has 33 heavy (non-hydrogen) atoms. The second-order valence-electron chi connectivity index (χ2n) is 7.53. The number of fused-ring (bicyclic) bond motifs is 1. The summed E-state index contributed by atoms with van der Waals surface area (Å²) in [5, 5.41) is 7.14. The zero-order chi connectivity index (χ0) is 22.6. The van der Waals surface area contributed by atoms with E-state index in [0.717, 1.165) is 33.4 Å². The van der Waals surface area contributed by atoms with Crippen molar-refractivity contribution in [2.24, 2.45) is 0 Å². The number of aromatic nitrogens is 4. The molecule has 0 aliphatic carbocycles. The lowest BCUT2D eigenvalue weighted by atomic mass is 10.1. The molecule has 7 heteroatoms. The fourth-order valence-corrected chi connectivity index (χ4v) is 3.47. The average Bonchev–Trinajstić information content (AvgIpc) is 2.86. The van der Waals surface area contributed by atoms with E-state index in [0.29, 0.717) is 17.2 Å². The molecule has 5 rings (SSSR count). The monoisotopic (exact) mass is 432 g/mol. The van der Waals surface area contributed by atoms with E-state index in [1.54, 1.807) is 30.9 Å². The van der Waals surface area contributed by atoms with Crippen LogP contribution in [0.25, 0.3) is 22.2 Å². The van der Waals surface area contributed by atoms with Gasteiger partial charge < -0.3 is 10.6 Å². The number of nitrogens with one attached hydrogen (secondary N) is 2. The first-order valence-corrected chi connectivity index (χ1v) is 10.4. The number of nitrogens with zero attached hydrogens (tertiary/aromatic N) is 4. The molecule has 0 spiro atoms. The van der Waals surface area contributed by atoms with Crippen LogP contribution in [0, 0.1) is 6.92 Å². The molecule has 5 aromatic rings. The van der Waals surface area contributed by atoms with Crippen LogP contribution in [-0.4, -0.2) is 25.8 Å². The van der Waals surface area contributed by atoms with E-state index in [1.165, 1.54) is 0 Å². The lowest BCUT2D eigenvalue weighted by Gasteiger charge is -2.12. The maximum atomic E-state index is 12.8. The molecule has 3 heterocycles. The van der Waals surface area contributed by atoms with Crippen molar-refractivity contribution in [2.75, 3.05) is 10.6 Å². The van der Waals surface area contributed by atoms with E-state index in [-0.39, 0.29) is 5.91 Å². The average molecular weight is 432 g/mol. The van der Waals surface area contributed by atoms with Crippen LogP contribution < -0.4 is 10.6 Å². The third kappa shape index (κ3) is 4.52. The number of amides is 1. The Morgan fingerprint density at radius 1 is 0.879 bits per heavy atom. The molecule has 0 aliphatic heterocycles. The Balaban J connectivity index is 1.36. The minimum Gasteiger partial charge on any atom is -0.324 e. The summed E-state index contributed by atoms with van der Waals surface area (Å²) in [6.45, 7) is 1.98. The minimum atomic E-state index is -0.189. The van der Waals surface area contributed by atoms with Crippen molar-refractivity contribution in [3.8, 4) is 11.3 Å². The van der Waals surface area contributed by atoms with Crippen molar-refractivity contribution in [3.63, 3.8) is 0 Å². The molecule has 7 nitrogen and oxygen atoms in total. The van der Waals surface area contributed by atoms with Crippen LogP contribution in [0.2, 0.25) is 0 Å². The number of hydrogen-bond donors (Lipinski definition) is 2. The van der Waals surface area contributed by atoms with E-state index in [1.807, 2.05) is 67.6 Å². The Morgan fingerprint density at radius 3 is 2.67 bits per heavy atom. The van der Waals surface area contributed by atoms with E-state index in [9.17, 15) is 4.79 Å². The van der Waals surface area contributed by atoms with Gasteiger partial charge in [-0.15, -0.1) is 0 Å². The fourth-order valence-electron chi connectivity index (χ4n) is 3.47. The molecule has 0 atom stereocenters. The SMILES string of the molecule is Cc1ccc(NC(=O)c2ccc3ncccc3c2)cc1Nc1nccc(-c2cccnc2)n1. The first-order chi connectivity index (χ1) is 16.2. The molecule has 1 amide bonds. The molecule has 0 bridgehead atoms. The highest BCUT2D eigenvalue weighted by atomic mass is 16.1. The van der Waals surface area contributed by atoms with Crippen LogP contribution in [0.3, 0.4) is 0 Å². The van der Waals surface area contributed by atoms with Crippen LogP contribution in [0.1, 0.15) is 15.9 Å². The van der Waals surface area contributed by atoms with Gasteiger partial charge in [0, 0.05) is 52.7 Å². The third-order valence-electron chi connectivity index (χ3n) is 5.22. The van der Waals surface area contributed by atoms with Gasteiger partial charge in [0.15, 0.2) is 0 Å². The van der Waals surface area contributed by atoms with Gasteiger partial charge in [0.2, 0.25) is 5.95 Å². The van der Waals surface area contributed by atoms with E-state index in [2.05, 4.69) is 30.6 Å². The predicted octanol–water partition coefficient (Wildman–Crippen LogP) is 5.39. The molecule has 160 valence electrons.